The van der Waals surface area contributed by atoms with Crippen LogP contribution in [0.3, 0.4) is 0 Å². The minimum Gasteiger partial charge on any atom is -0.452 e. The SMILES string of the molecule is CC1CCN(C(=O)COC(=O)c2ccc(N3CCCC(C)C3)c([N+](=O)[O-])c2)CC1. The molecule has 0 aromatic heterocycles. The molecule has 2 saturated heterocycles. The number of piperidine rings is 2. The van der Waals surface area contributed by atoms with Gasteiger partial charge in [0.2, 0.25) is 0 Å². The fraction of sp³-hybridized carbons (Fsp3) is 0.619. The Balaban J connectivity index is 1.65. The molecule has 0 saturated carbocycles. The maximum absolute atomic E-state index is 12.4. The number of rotatable bonds is 5. The fourth-order valence-corrected chi connectivity index (χ4v) is 4.03. The molecule has 1 atom stereocenters. The summed E-state index contributed by atoms with van der Waals surface area (Å²) < 4.78 is 5.14. The van der Waals surface area contributed by atoms with Crippen molar-refractivity contribution in [2.24, 2.45) is 11.8 Å². The van der Waals surface area contributed by atoms with E-state index in [1.165, 1.54) is 12.1 Å². The summed E-state index contributed by atoms with van der Waals surface area (Å²) in [6.07, 6.45) is 3.99. The zero-order valence-electron chi connectivity index (χ0n) is 17.1. The van der Waals surface area contributed by atoms with Crippen LogP contribution in [0.2, 0.25) is 0 Å². The molecular formula is C21H29N3O5. The summed E-state index contributed by atoms with van der Waals surface area (Å²) >= 11 is 0. The van der Waals surface area contributed by atoms with Gasteiger partial charge >= 0.3 is 5.97 Å². The Bertz CT molecular complexity index is 774. The standard InChI is InChI=1S/C21H29N3O5/c1-15-7-10-22(11-8-15)20(25)14-29-21(26)17-5-6-18(19(12-17)24(27)28)23-9-3-4-16(2)13-23/h5-6,12,15-16H,3-4,7-11,13-14H2,1-2H3. The first-order valence-corrected chi connectivity index (χ1v) is 10.3. The normalized spacial score (nSPS) is 20.4. The lowest BCUT2D eigenvalue weighted by atomic mass is 9.99. The van der Waals surface area contributed by atoms with Crippen LogP contribution in [0, 0.1) is 22.0 Å². The van der Waals surface area contributed by atoms with Crippen molar-refractivity contribution in [2.75, 3.05) is 37.7 Å². The van der Waals surface area contributed by atoms with Gasteiger partial charge in [-0.1, -0.05) is 13.8 Å². The third-order valence-electron chi connectivity index (χ3n) is 5.87. The molecule has 2 heterocycles. The number of likely N-dealkylation sites (tertiary alicyclic amines) is 1. The number of carbonyl (C=O) groups excluding carboxylic acids is 2. The van der Waals surface area contributed by atoms with E-state index < -0.39 is 10.9 Å². The van der Waals surface area contributed by atoms with E-state index in [1.54, 1.807) is 11.0 Å². The molecule has 1 aromatic rings. The molecule has 0 aliphatic carbocycles. The van der Waals surface area contributed by atoms with E-state index in [1.807, 2.05) is 4.90 Å². The number of nitro benzene ring substituents is 1. The lowest BCUT2D eigenvalue weighted by Gasteiger charge is -2.32. The second-order valence-electron chi connectivity index (χ2n) is 8.29. The summed E-state index contributed by atoms with van der Waals surface area (Å²) in [5.41, 5.74) is 0.507. The number of nitrogens with zero attached hydrogens (tertiary/aromatic N) is 3. The summed E-state index contributed by atoms with van der Waals surface area (Å²) in [5.74, 6) is 0.129. The van der Waals surface area contributed by atoms with Crippen molar-refractivity contribution in [2.45, 2.75) is 39.5 Å². The van der Waals surface area contributed by atoms with Crippen LogP contribution in [0.1, 0.15) is 49.9 Å². The van der Waals surface area contributed by atoms with Gasteiger partial charge < -0.3 is 14.5 Å². The third-order valence-corrected chi connectivity index (χ3v) is 5.87. The molecule has 0 radical (unpaired) electrons. The third kappa shape index (κ3) is 5.25. The van der Waals surface area contributed by atoms with Gasteiger partial charge in [-0.3, -0.25) is 14.9 Å². The monoisotopic (exact) mass is 403 g/mol. The number of ether oxygens (including phenoxy) is 1. The average molecular weight is 403 g/mol. The number of nitro groups is 1. The largest absolute Gasteiger partial charge is 0.452 e. The number of esters is 1. The van der Waals surface area contributed by atoms with Crippen LogP contribution >= 0.6 is 0 Å². The van der Waals surface area contributed by atoms with Crippen LogP contribution in [-0.2, 0) is 9.53 Å². The van der Waals surface area contributed by atoms with Gasteiger partial charge in [0.1, 0.15) is 5.69 Å². The quantitative estimate of drug-likeness (QED) is 0.426. The first-order chi connectivity index (χ1) is 13.8. The van der Waals surface area contributed by atoms with Crippen LogP contribution in [0.4, 0.5) is 11.4 Å². The molecule has 8 heteroatoms. The average Bonchev–Trinajstić information content (AvgIpc) is 2.71. The second kappa shape index (κ2) is 9.24. The summed E-state index contributed by atoms with van der Waals surface area (Å²) in [6, 6.07) is 4.40. The molecule has 29 heavy (non-hydrogen) atoms. The van der Waals surface area contributed by atoms with Crippen LogP contribution in [0.5, 0.6) is 0 Å². The summed E-state index contributed by atoms with van der Waals surface area (Å²) in [6.45, 7) is 6.81. The van der Waals surface area contributed by atoms with Gasteiger partial charge in [-0.2, -0.15) is 0 Å². The summed E-state index contributed by atoms with van der Waals surface area (Å²) in [4.78, 5) is 39.4. The predicted octanol–water partition coefficient (Wildman–Crippen LogP) is 3.25. The van der Waals surface area contributed by atoms with Crippen molar-refractivity contribution < 1.29 is 19.2 Å². The Labute approximate surface area is 171 Å². The van der Waals surface area contributed by atoms with E-state index in [0.717, 1.165) is 38.8 Å². The molecule has 0 N–H and O–H groups in total. The Morgan fingerprint density at radius 1 is 1.14 bits per heavy atom. The van der Waals surface area contributed by atoms with E-state index in [9.17, 15) is 19.7 Å². The molecule has 8 nitrogen and oxygen atoms in total. The molecule has 158 valence electrons. The number of anilines is 1. The molecule has 1 amide bonds. The van der Waals surface area contributed by atoms with Gasteiger partial charge in [-0.25, -0.2) is 4.79 Å². The summed E-state index contributed by atoms with van der Waals surface area (Å²) in [5, 5.41) is 11.6. The highest BCUT2D eigenvalue weighted by Gasteiger charge is 2.26. The van der Waals surface area contributed by atoms with E-state index in [2.05, 4.69) is 13.8 Å². The van der Waals surface area contributed by atoms with Gasteiger partial charge in [0.25, 0.3) is 11.6 Å². The van der Waals surface area contributed by atoms with Crippen molar-refractivity contribution in [3.63, 3.8) is 0 Å². The molecule has 1 unspecified atom stereocenters. The maximum atomic E-state index is 12.4. The van der Waals surface area contributed by atoms with Crippen molar-refractivity contribution in [3.8, 4) is 0 Å². The van der Waals surface area contributed by atoms with Crippen molar-refractivity contribution in [1.82, 2.24) is 4.90 Å². The molecule has 0 spiro atoms. The van der Waals surface area contributed by atoms with Gasteiger partial charge in [-0.05, 0) is 49.7 Å². The van der Waals surface area contributed by atoms with Crippen molar-refractivity contribution >= 4 is 23.3 Å². The number of hydrogen-bond donors (Lipinski definition) is 0. The number of hydrogen-bond acceptors (Lipinski definition) is 6. The van der Waals surface area contributed by atoms with Gasteiger partial charge in [-0.15, -0.1) is 0 Å². The maximum Gasteiger partial charge on any atom is 0.338 e. The Morgan fingerprint density at radius 2 is 1.86 bits per heavy atom. The van der Waals surface area contributed by atoms with E-state index >= 15 is 0 Å². The first kappa shape index (κ1) is 21.1. The molecular weight excluding hydrogens is 374 g/mol. The Hall–Kier alpha value is -2.64. The lowest BCUT2D eigenvalue weighted by Crippen LogP contribution is -2.40. The molecule has 2 aliphatic heterocycles. The minimum absolute atomic E-state index is 0.0885. The summed E-state index contributed by atoms with van der Waals surface area (Å²) in [7, 11) is 0. The molecule has 1 aromatic carbocycles. The predicted molar refractivity (Wildman–Crippen MR) is 109 cm³/mol. The zero-order chi connectivity index (χ0) is 21.0. The number of amides is 1. The Morgan fingerprint density at radius 3 is 2.52 bits per heavy atom. The van der Waals surface area contributed by atoms with Gasteiger partial charge in [0.05, 0.1) is 10.5 Å². The number of benzene rings is 1. The van der Waals surface area contributed by atoms with Crippen LogP contribution in [0.25, 0.3) is 0 Å². The van der Waals surface area contributed by atoms with Crippen molar-refractivity contribution in [1.29, 1.82) is 0 Å². The minimum atomic E-state index is -0.717. The second-order valence-corrected chi connectivity index (χ2v) is 8.29. The van der Waals surface area contributed by atoms with E-state index in [0.29, 0.717) is 30.6 Å². The molecule has 2 fully saturated rings. The molecule has 3 rings (SSSR count). The lowest BCUT2D eigenvalue weighted by molar-refractivity contribution is -0.384. The first-order valence-electron chi connectivity index (χ1n) is 10.3. The van der Waals surface area contributed by atoms with E-state index in [-0.39, 0.29) is 23.8 Å². The van der Waals surface area contributed by atoms with Crippen LogP contribution < -0.4 is 4.90 Å². The number of carbonyl (C=O) groups is 2. The van der Waals surface area contributed by atoms with Crippen molar-refractivity contribution in [3.05, 3.63) is 33.9 Å². The van der Waals surface area contributed by atoms with Crippen LogP contribution in [0.15, 0.2) is 18.2 Å². The highest BCUT2D eigenvalue weighted by Crippen LogP contribution is 2.32. The molecule has 0 bridgehead atoms. The Kier molecular flexibility index (Phi) is 6.71. The van der Waals surface area contributed by atoms with E-state index in [4.69, 9.17) is 4.74 Å². The highest BCUT2D eigenvalue weighted by molar-refractivity contribution is 5.93. The smallest absolute Gasteiger partial charge is 0.338 e. The van der Waals surface area contributed by atoms with Gasteiger partial charge in [0.15, 0.2) is 6.61 Å². The topological polar surface area (TPSA) is 93.0 Å². The zero-order valence-corrected chi connectivity index (χ0v) is 17.1. The fourth-order valence-electron chi connectivity index (χ4n) is 4.03. The highest BCUT2D eigenvalue weighted by atomic mass is 16.6. The van der Waals surface area contributed by atoms with Crippen LogP contribution in [-0.4, -0.2) is 54.5 Å². The van der Waals surface area contributed by atoms with Gasteiger partial charge in [0, 0.05) is 32.2 Å². The molecule has 2 aliphatic rings.